The van der Waals surface area contributed by atoms with Crippen molar-refractivity contribution in [1.82, 2.24) is 5.16 Å². The molecular weight excluding hydrogens is 260 g/mol. The number of thioether (sulfide) groups is 1. The third kappa shape index (κ3) is 4.09. The summed E-state index contributed by atoms with van der Waals surface area (Å²) in [5, 5.41) is 4.01. The number of nitrogens with zero attached hydrogens (tertiary/aromatic N) is 1. The van der Waals surface area contributed by atoms with Crippen molar-refractivity contribution in [3.63, 3.8) is 0 Å². The molecule has 5 heteroatoms. The fraction of sp³-hybridized carbons (Fsp3) is 0.357. The Hall–Kier alpha value is -1.30. The highest BCUT2D eigenvalue weighted by atomic mass is 32.2. The van der Waals surface area contributed by atoms with E-state index < -0.39 is 0 Å². The van der Waals surface area contributed by atoms with Gasteiger partial charge in [0, 0.05) is 29.9 Å². The van der Waals surface area contributed by atoms with Gasteiger partial charge in [0.1, 0.15) is 6.61 Å². The third-order valence-corrected chi connectivity index (χ3v) is 3.69. The van der Waals surface area contributed by atoms with E-state index in [0.29, 0.717) is 6.61 Å². The van der Waals surface area contributed by atoms with Gasteiger partial charge in [-0.25, -0.2) is 0 Å². The summed E-state index contributed by atoms with van der Waals surface area (Å²) in [5.74, 6) is 1.53. The van der Waals surface area contributed by atoms with Crippen molar-refractivity contribution in [3.05, 3.63) is 47.3 Å². The lowest BCUT2D eigenvalue weighted by molar-refractivity contribution is 0.156. The second kappa shape index (κ2) is 6.75. The topological polar surface area (TPSA) is 61.3 Å². The zero-order valence-electron chi connectivity index (χ0n) is 11.1. The summed E-state index contributed by atoms with van der Waals surface area (Å²) in [7, 11) is 1.64. The van der Waals surface area contributed by atoms with Crippen LogP contribution in [0.3, 0.4) is 0 Å². The Labute approximate surface area is 117 Å². The number of methoxy groups -OCH3 is 1. The van der Waals surface area contributed by atoms with Crippen LogP contribution in [0, 0.1) is 0 Å². The molecule has 2 rings (SSSR count). The summed E-state index contributed by atoms with van der Waals surface area (Å²) in [6.45, 7) is 2.44. The van der Waals surface area contributed by atoms with Gasteiger partial charge >= 0.3 is 0 Å². The number of hydrogen-bond acceptors (Lipinski definition) is 5. The van der Waals surface area contributed by atoms with Gasteiger partial charge in [-0.2, -0.15) is 0 Å². The highest BCUT2D eigenvalue weighted by Crippen LogP contribution is 2.25. The van der Waals surface area contributed by atoms with Crippen LogP contribution >= 0.6 is 11.8 Å². The average molecular weight is 278 g/mol. The van der Waals surface area contributed by atoms with Gasteiger partial charge in [0.25, 0.3) is 0 Å². The van der Waals surface area contributed by atoms with Crippen molar-refractivity contribution in [2.45, 2.75) is 30.2 Å². The summed E-state index contributed by atoms with van der Waals surface area (Å²) in [6, 6.07) is 10.2. The Bertz CT molecular complexity index is 526. The van der Waals surface area contributed by atoms with E-state index in [4.69, 9.17) is 15.0 Å². The summed E-state index contributed by atoms with van der Waals surface area (Å²) < 4.78 is 10.1. The van der Waals surface area contributed by atoms with Crippen molar-refractivity contribution in [1.29, 1.82) is 0 Å². The van der Waals surface area contributed by atoms with Gasteiger partial charge in [-0.15, -0.1) is 11.8 Å². The Balaban J connectivity index is 1.95. The average Bonchev–Trinajstić information content (AvgIpc) is 2.85. The molecule has 0 spiro atoms. The molecule has 1 unspecified atom stereocenters. The molecule has 1 aromatic carbocycles. The van der Waals surface area contributed by atoms with Gasteiger partial charge in [-0.1, -0.05) is 17.3 Å². The number of aromatic nitrogens is 1. The number of benzene rings is 1. The largest absolute Gasteiger partial charge is 0.377 e. The van der Waals surface area contributed by atoms with E-state index in [1.165, 1.54) is 4.90 Å². The molecule has 0 radical (unpaired) electrons. The smallest absolute Gasteiger partial charge is 0.162 e. The highest BCUT2D eigenvalue weighted by Gasteiger charge is 2.06. The molecule has 1 heterocycles. The lowest BCUT2D eigenvalue weighted by Gasteiger charge is -2.07. The van der Waals surface area contributed by atoms with Crippen molar-refractivity contribution in [2.24, 2.45) is 5.73 Å². The zero-order valence-corrected chi connectivity index (χ0v) is 11.9. The van der Waals surface area contributed by atoms with Crippen LogP contribution in [0.1, 0.15) is 30.0 Å². The van der Waals surface area contributed by atoms with Crippen LogP contribution in [0.5, 0.6) is 0 Å². The minimum absolute atomic E-state index is 0.0564. The van der Waals surface area contributed by atoms with Gasteiger partial charge < -0.3 is 15.0 Å². The first-order chi connectivity index (χ1) is 9.19. The first-order valence-corrected chi connectivity index (χ1v) is 7.09. The standard InChI is InChI=1S/C14H18N2O2S/c1-10(15)11-4-3-5-14(6-11)19-9-12-7-13(8-17-2)18-16-12/h3-7,10H,8-9,15H2,1-2H3. The van der Waals surface area contributed by atoms with Crippen LogP contribution in [0.15, 0.2) is 39.8 Å². The first kappa shape index (κ1) is 14.1. The van der Waals surface area contributed by atoms with Crippen molar-refractivity contribution < 1.29 is 9.26 Å². The zero-order chi connectivity index (χ0) is 13.7. The summed E-state index contributed by atoms with van der Waals surface area (Å²) in [4.78, 5) is 1.19. The Morgan fingerprint density at radius 3 is 3.00 bits per heavy atom. The molecular formula is C14H18N2O2S. The van der Waals surface area contributed by atoms with Crippen molar-refractivity contribution >= 4 is 11.8 Å². The molecule has 0 aliphatic heterocycles. The Morgan fingerprint density at radius 2 is 2.26 bits per heavy atom. The van der Waals surface area contributed by atoms with Gasteiger partial charge in [-0.3, -0.25) is 0 Å². The number of hydrogen-bond donors (Lipinski definition) is 1. The monoisotopic (exact) mass is 278 g/mol. The predicted octanol–water partition coefficient (Wildman–Crippen LogP) is 3.13. The van der Waals surface area contributed by atoms with Crippen LogP contribution in [0.4, 0.5) is 0 Å². The predicted molar refractivity (Wildman–Crippen MR) is 75.8 cm³/mol. The molecule has 2 aromatic rings. The van der Waals surface area contributed by atoms with Crippen LogP contribution in [0.25, 0.3) is 0 Å². The Morgan fingerprint density at radius 1 is 1.42 bits per heavy atom. The fourth-order valence-corrected chi connectivity index (χ4v) is 2.52. The number of ether oxygens (including phenoxy) is 1. The van der Waals surface area contributed by atoms with Gasteiger partial charge in [0.15, 0.2) is 5.76 Å². The van der Waals surface area contributed by atoms with Gasteiger partial charge in [-0.05, 0) is 24.6 Å². The quantitative estimate of drug-likeness (QED) is 0.823. The van der Waals surface area contributed by atoms with Gasteiger partial charge in [0.05, 0.1) is 5.69 Å². The molecule has 0 fully saturated rings. The molecule has 1 aromatic heterocycles. The molecule has 0 saturated heterocycles. The molecule has 2 N–H and O–H groups in total. The molecule has 19 heavy (non-hydrogen) atoms. The highest BCUT2D eigenvalue weighted by molar-refractivity contribution is 7.98. The van der Waals surface area contributed by atoms with Crippen LogP contribution in [-0.2, 0) is 17.1 Å². The maximum atomic E-state index is 5.88. The lowest BCUT2D eigenvalue weighted by Crippen LogP contribution is -2.04. The molecule has 0 aliphatic carbocycles. The van der Waals surface area contributed by atoms with E-state index in [1.54, 1.807) is 18.9 Å². The molecule has 1 atom stereocenters. The number of rotatable bonds is 6. The molecule has 0 bridgehead atoms. The van der Waals surface area contributed by atoms with Crippen molar-refractivity contribution in [2.75, 3.05) is 7.11 Å². The molecule has 4 nitrogen and oxygen atoms in total. The third-order valence-electron chi connectivity index (χ3n) is 2.66. The van der Waals surface area contributed by atoms with Crippen molar-refractivity contribution in [3.8, 4) is 0 Å². The summed E-state index contributed by atoms with van der Waals surface area (Å²) in [6.07, 6.45) is 0. The minimum atomic E-state index is 0.0564. The van der Waals surface area contributed by atoms with Crippen LogP contribution in [0.2, 0.25) is 0 Å². The van der Waals surface area contributed by atoms with E-state index in [-0.39, 0.29) is 6.04 Å². The summed E-state index contributed by atoms with van der Waals surface area (Å²) in [5.41, 5.74) is 7.94. The molecule has 0 saturated carbocycles. The van der Waals surface area contributed by atoms with E-state index in [9.17, 15) is 0 Å². The maximum Gasteiger partial charge on any atom is 0.162 e. The maximum absolute atomic E-state index is 5.88. The van der Waals surface area contributed by atoms with Gasteiger partial charge in [0.2, 0.25) is 0 Å². The summed E-state index contributed by atoms with van der Waals surface area (Å²) >= 11 is 1.72. The van der Waals surface area contributed by atoms with Crippen LogP contribution < -0.4 is 5.73 Å². The molecule has 0 aliphatic rings. The number of nitrogens with two attached hydrogens (primary N) is 1. The second-order valence-corrected chi connectivity index (χ2v) is 5.42. The van der Waals surface area contributed by atoms with E-state index in [1.807, 2.05) is 25.1 Å². The molecule has 102 valence electrons. The first-order valence-electron chi connectivity index (χ1n) is 6.11. The SMILES string of the molecule is COCc1cc(CSc2cccc(C(C)N)c2)no1. The van der Waals surface area contributed by atoms with E-state index >= 15 is 0 Å². The fourth-order valence-electron chi connectivity index (χ4n) is 1.68. The lowest BCUT2D eigenvalue weighted by atomic mass is 10.1. The normalized spacial score (nSPS) is 12.6. The second-order valence-electron chi connectivity index (χ2n) is 4.37. The van der Waals surface area contributed by atoms with E-state index in [0.717, 1.165) is 22.8 Å². The van der Waals surface area contributed by atoms with Crippen LogP contribution in [-0.4, -0.2) is 12.3 Å². The molecule has 0 amide bonds. The minimum Gasteiger partial charge on any atom is -0.377 e. The Kier molecular flexibility index (Phi) is 5.01. The van der Waals surface area contributed by atoms with E-state index in [2.05, 4.69) is 17.3 Å².